The van der Waals surface area contributed by atoms with E-state index in [1.807, 2.05) is 20.2 Å². The van der Waals surface area contributed by atoms with E-state index in [9.17, 15) is 8.78 Å². The molecule has 1 unspecified atom stereocenters. The van der Waals surface area contributed by atoms with E-state index in [0.717, 1.165) is 12.1 Å². The zero-order valence-electron chi connectivity index (χ0n) is 12.3. The Hall–Kier alpha value is -1.40. The van der Waals surface area contributed by atoms with Crippen molar-refractivity contribution in [1.82, 2.24) is 10.2 Å². The maximum absolute atomic E-state index is 12.3. The average molecular weight is 288 g/mol. The fourth-order valence-corrected chi connectivity index (χ4v) is 1.63. The van der Waals surface area contributed by atoms with Crippen LogP contribution >= 0.6 is 0 Å². The van der Waals surface area contributed by atoms with Crippen LogP contribution in [0.1, 0.15) is 12.5 Å². The summed E-state index contributed by atoms with van der Waals surface area (Å²) in [6, 6.07) is 5.41. The van der Waals surface area contributed by atoms with E-state index in [4.69, 9.17) is 4.74 Å². The molecule has 0 bridgehead atoms. The highest BCUT2D eigenvalue weighted by Gasteiger charge is 2.11. The Morgan fingerprint density at radius 2 is 1.95 bits per heavy atom. The summed E-state index contributed by atoms with van der Waals surface area (Å²) in [6.07, 6.45) is 0. The number of nitrogens with zero attached hydrogens (tertiary/aromatic N) is 1. The van der Waals surface area contributed by atoms with Crippen molar-refractivity contribution in [3.05, 3.63) is 23.8 Å². The van der Waals surface area contributed by atoms with Crippen LogP contribution in [0.15, 0.2) is 18.2 Å². The van der Waals surface area contributed by atoms with Crippen molar-refractivity contribution in [2.75, 3.05) is 27.7 Å². The molecule has 4 nitrogen and oxygen atoms in total. The molecule has 0 spiro atoms. The largest absolute Gasteiger partial charge is 0.493 e. The number of hydrogen-bond donors (Lipinski definition) is 1. The summed E-state index contributed by atoms with van der Waals surface area (Å²) in [4.78, 5) is 2.10. The van der Waals surface area contributed by atoms with Crippen molar-refractivity contribution in [3.8, 4) is 11.5 Å². The molecule has 0 aliphatic heterocycles. The van der Waals surface area contributed by atoms with Crippen molar-refractivity contribution < 1.29 is 18.3 Å². The second kappa shape index (κ2) is 8.01. The van der Waals surface area contributed by atoms with E-state index in [-0.39, 0.29) is 5.75 Å². The molecule has 0 radical (unpaired) electrons. The zero-order chi connectivity index (χ0) is 15.1. The van der Waals surface area contributed by atoms with Crippen LogP contribution in [0.5, 0.6) is 11.5 Å². The standard InChI is InChI=1S/C14H22F2N2O2/c1-10(18(2)3)8-17-9-11-5-6-12(19-4)13(7-11)20-14(15)16/h5-7,10,14,17H,8-9H2,1-4H3. The normalized spacial score (nSPS) is 12.8. The van der Waals surface area contributed by atoms with Gasteiger partial charge in [0, 0.05) is 19.1 Å². The van der Waals surface area contributed by atoms with Gasteiger partial charge in [0.25, 0.3) is 0 Å². The second-order valence-corrected chi connectivity index (χ2v) is 4.81. The third kappa shape index (κ3) is 5.30. The number of likely N-dealkylation sites (N-methyl/N-ethyl adjacent to an activating group) is 1. The third-order valence-corrected chi connectivity index (χ3v) is 3.09. The lowest BCUT2D eigenvalue weighted by Gasteiger charge is -2.20. The SMILES string of the molecule is COc1ccc(CNCC(C)N(C)C)cc1OC(F)F. The van der Waals surface area contributed by atoms with E-state index < -0.39 is 6.61 Å². The highest BCUT2D eigenvalue weighted by Crippen LogP contribution is 2.29. The monoisotopic (exact) mass is 288 g/mol. The van der Waals surface area contributed by atoms with Gasteiger partial charge in [0.2, 0.25) is 0 Å². The predicted molar refractivity (Wildman–Crippen MR) is 74.5 cm³/mol. The maximum atomic E-state index is 12.3. The van der Waals surface area contributed by atoms with Gasteiger partial charge in [-0.1, -0.05) is 6.07 Å². The molecule has 1 aromatic rings. The minimum absolute atomic E-state index is 0.0578. The summed E-state index contributed by atoms with van der Waals surface area (Å²) >= 11 is 0. The van der Waals surface area contributed by atoms with Crippen LogP contribution in [-0.4, -0.2) is 45.3 Å². The molecule has 0 aliphatic rings. The predicted octanol–water partition coefficient (Wildman–Crippen LogP) is 2.34. The number of alkyl halides is 2. The van der Waals surface area contributed by atoms with Crippen molar-refractivity contribution >= 4 is 0 Å². The molecule has 0 aromatic heterocycles. The van der Waals surface area contributed by atoms with Gasteiger partial charge in [0.15, 0.2) is 11.5 Å². The van der Waals surface area contributed by atoms with Crippen LogP contribution < -0.4 is 14.8 Å². The fourth-order valence-electron chi connectivity index (χ4n) is 1.63. The minimum atomic E-state index is -2.86. The minimum Gasteiger partial charge on any atom is -0.493 e. The van der Waals surface area contributed by atoms with Gasteiger partial charge >= 0.3 is 6.61 Å². The molecule has 0 heterocycles. The highest BCUT2D eigenvalue weighted by molar-refractivity contribution is 5.42. The van der Waals surface area contributed by atoms with Crippen LogP contribution in [0.4, 0.5) is 8.78 Å². The first-order valence-electron chi connectivity index (χ1n) is 6.43. The molecule has 1 N–H and O–H groups in total. The van der Waals surface area contributed by atoms with Gasteiger partial charge in [-0.3, -0.25) is 0 Å². The van der Waals surface area contributed by atoms with Gasteiger partial charge in [-0.15, -0.1) is 0 Å². The molecule has 0 aliphatic carbocycles. The Bertz CT molecular complexity index is 414. The van der Waals surface area contributed by atoms with Gasteiger partial charge in [-0.05, 0) is 38.7 Å². The van der Waals surface area contributed by atoms with E-state index in [0.29, 0.717) is 18.3 Å². The molecular weight excluding hydrogens is 266 g/mol. The van der Waals surface area contributed by atoms with Crippen LogP contribution in [0.25, 0.3) is 0 Å². The number of nitrogens with one attached hydrogen (secondary N) is 1. The summed E-state index contributed by atoms with van der Waals surface area (Å²) in [5.74, 6) is 0.359. The molecule has 114 valence electrons. The van der Waals surface area contributed by atoms with Crippen molar-refractivity contribution in [3.63, 3.8) is 0 Å². The third-order valence-electron chi connectivity index (χ3n) is 3.09. The molecule has 0 amide bonds. The summed E-state index contributed by atoms with van der Waals surface area (Å²) in [5, 5.41) is 3.28. The lowest BCUT2D eigenvalue weighted by molar-refractivity contribution is -0.0512. The van der Waals surface area contributed by atoms with Crippen molar-refractivity contribution in [2.45, 2.75) is 26.1 Å². The number of benzene rings is 1. The Morgan fingerprint density at radius 1 is 1.25 bits per heavy atom. The number of methoxy groups -OCH3 is 1. The number of rotatable bonds is 8. The molecule has 0 fully saturated rings. The fraction of sp³-hybridized carbons (Fsp3) is 0.571. The quantitative estimate of drug-likeness (QED) is 0.796. The molecule has 1 atom stereocenters. The van der Waals surface area contributed by atoms with Crippen molar-refractivity contribution in [2.24, 2.45) is 0 Å². The lowest BCUT2D eigenvalue weighted by Crippen LogP contribution is -2.35. The van der Waals surface area contributed by atoms with Crippen LogP contribution in [0.2, 0.25) is 0 Å². The summed E-state index contributed by atoms with van der Waals surface area (Å²) in [6.45, 7) is 0.638. The average Bonchev–Trinajstić information content (AvgIpc) is 2.38. The summed E-state index contributed by atoms with van der Waals surface area (Å²) in [7, 11) is 5.44. The molecule has 1 aromatic carbocycles. The Morgan fingerprint density at radius 3 is 2.50 bits per heavy atom. The Balaban J connectivity index is 2.62. The number of halogens is 2. The van der Waals surface area contributed by atoms with Crippen LogP contribution in [0.3, 0.4) is 0 Å². The first kappa shape index (κ1) is 16.7. The first-order valence-corrected chi connectivity index (χ1v) is 6.43. The molecular formula is C14H22F2N2O2. The topological polar surface area (TPSA) is 33.7 Å². The van der Waals surface area contributed by atoms with Gasteiger partial charge in [0.05, 0.1) is 7.11 Å². The van der Waals surface area contributed by atoms with Crippen LogP contribution in [-0.2, 0) is 6.54 Å². The van der Waals surface area contributed by atoms with E-state index >= 15 is 0 Å². The van der Waals surface area contributed by atoms with Gasteiger partial charge in [0.1, 0.15) is 0 Å². The van der Waals surface area contributed by atoms with E-state index in [1.54, 1.807) is 12.1 Å². The summed E-state index contributed by atoms with van der Waals surface area (Å²) < 4.78 is 34.1. The molecule has 1 rings (SSSR count). The number of hydrogen-bond acceptors (Lipinski definition) is 4. The van der Waals surface area contributed by atoms with E-state index in [1.165, 1.54) is 7.11 Å². The molecule has 0 saturated heterocycles. The smallest absolute Gasteiger partial charge is 0.387 e. The highest BCUT2D eigenvalue weighted by atomic mass is 19.3. The first-order chi connectivity index (χ1) is 9.43. The van der Waals surface area contributed by atoms with Gasteiger partial charge < -0.3 is 19.7 Å². The summed E-state index contributed by atoms with van der Waals surface area (Å²) in [5.41, 5.74) is 0.868. The maximum Gasteiger partial charge on any atom is 0.387 e. The molecule has 0 saturated carbocycles. The van der Waals surface area contributed by atoms with Crippen LogP contribution in [0, 0.1) is 0 Å². The zero-order valence-corrected chi connectivity index (χ0v) is 12.3. The van der Waals surface area contributed by atoms with Crippen molar-refractivity contribution in [1.29, 1.82) is 0 Å². The lowest BCUT2D eigenvalue weighted by atomic mass is 10.2. The van der Waals surface area contributed by atoms with Gasteiger partial charge in [-0.25, -0.2) is 0 Å². The van der Waals surface area contributed by atoms with Gasteiger partial charge in [-0.2, -0.15) is 8.78 Å². The Kier molecular flexibility index (Phi) is 6.67. The molecule has 6 heteroatoms. The number of ether oxygens (including phenoxy) is 2. The Labute approximate surface area is 118 Å². The van der Waals surface area contributed by atoms with E-state index in [2.05, 4.69) is 21.9 Å². The second-order valence-electron chi connectivity index (χ2n) is 4.81. The molecule has 20 heavy (non-hydrogen) atoms.